The van der Waals surface area contributed by atoms with E-state index in [0.29, 0.717) is 11.9 Å². The first-order valence-corrected chi connectivity index (χ1v) is 5.65. The van der Waals surface area contributed by atoms with Crippen LogP contribution in [0.1, 0.15) is 13.3 Å². The predicted molar refractivity (Wildman–Crippen MR) is 65.2 cm³/mol. The van der Waals surface area contributed by atoms with E-state index < -0.39 is 0 Å². The number of ether oxygens (including phenoxy) is 2. The second-order valence-corrected chi connectivity index (χ2v) is 4.17. The van der Waals surface area contributed by atoms with Crippen LogP contribution in [-0.2, 0) is 4.74 Å². The highest BCUT2D eigenvalue weighted by Crippen LogP contribution is 2.25. The molecule has 0 bridgehead atoms. The van der Waals surface area contributed by atoms with Crippen molar-refractivity contribution in [1.82, 2.24) is 9.97 Å². The molecule has 17 heavy (non-hydrogen) atoms. The van der Waals surface area contributed by atoms with Crippen LogP contribution in [0.4, 0.5) is 11.8 Å². The first-order chi connectivity index (χ1) is 8.11. The second-order valence-electron chi connectivity index (χ2n) is 4.17. The van der Waals surface area contributed by atoms with E-state index in [4.69, 9.17) is 15.2 Å². The van der Waals surface area contributed by atoms with E-state index in [2.05, 4.69) is 21.8 Å². The fourth-order valence-corrected chi connectivity index (χ4v) is 2.11. The Balaban J connectivity index is 2.23. The second kappa shape index (κ2) is 4.75. The summed E-state index contributed by atoms with van der Waals surface area (Å²) in [5.74, 6) is 1.46. The van der Waals surface area contributed by atoms with E-state index in [9.17, 15) is 0 Å². The SMILES string of the molecule is COc1cc(N(C)C2CCOC2C)nc(N)n1. The van der Waals surface area contributed by atoms with Crippen molar-refractivity contribution in [3.05, 3.63) is 6.07 Å². The lowest BCUT2D eigenvalue weighted by Gasteiger charge is -2.27. The summed E-state index contributed by atoms with van der Waals surface area (Å²) in [6.07, 6.45) is 1.19. The maximum Gasteiger partial charge on any atom is 0.225 e. The fourth-order valence-electron chi connectivity index (χ4n) is 2.11. The molecule has 0 spiro atoms. The molecule has 2 heterocycles. The van der Waals surface area contributed by atoms with E-state index in [1.807, 2.05) is 7.05 Å². The lowest BCUT2D eigenvalue weighted by molar-refractivity contribution is 0.118. The molecule has 1 aliphatic rings. The van der Waals surface area contributed by atoms with Crippen LogP contribution in [0.5, 0.6) is 5.88 Å². The van der Waals surface area contributed by atoms with Gasteiger partial charge in [0.25, 0.3) is 0 Å². The number of methoxy groups -OCH3 is 1. The first kappa shape index (κ1) is 11.9. The van der Waals surface area contributed by atoms with Crippen molar-refractivity contribution in [2.75, 3.05) is 31.4 Å². The van der Waals surface area contributed by atoms with E-state index in [1.165, 1.54) is 0 Å². The van der Waals surface area contributed by atoms with Gasteiger partial charge in [0.1, 0.15) is 5.82 Å². The van der Waals surface area contributed by atoms with Gasteiger partial charge in [0.15, 0.2) is 0 Å². The van der Waals surface area contributed by atoms with Gasteiger partial charge in [0.05, 0.1) is 19.3 Å². The minimum absolute atomic E-state index is 0.196. The molecule has 0 aliphatic carbocycles. The largest absolute Gasteiger partial charge is 0.481 e. The average molecular weight is 238 g/mol. The van der Waals surface area contributed by atoms with Crippen LogP contribution in [0, 0.1) is 0 Å². The van der Waals surface area contributed by atoms with Gasteiger partial charge in [-0.25, -0.2) is 0 Å². The highest BCUT2D eigenvalue weighted by atomic mass is 16.5. The summed E-state index contributed by atoms with van der Waals surface area (Å²) in [6.45, 7) is 2.85. The fraction of sp³-hybridized carbons (Fsp3) is 0.636. The zero-order valence-electron chi connectivity index (χ0n) is 10.4. The molecule has 0 amide bonds. The maximum atomic E-state index is 5.65. The molecule has 0 aromatic carbocycles. The van der Waals surface area contributed by atoms with Gasteiger partial charge in [-0.05, 0) is 13.3 Å². The molecule has 2 atom stereocenters. The third-order valence-corrected chi connectivity index (χ3v) is 3.11. The first-order valence-electron chi connectivity index (χ1n) is 5.65. The highest BCUT2D eigenvalue weighted by molar-refractivity contribution is 5.46. The zero-order valence-corrected chi connectivity index (χ0v) is 10.4. The topological polar surface area (TPSA) is 73.5 Å². The number of hydrogen-bond acceptors (Lipinski definition) is 6. The number of aromatic nitrogens is 2. The minimum atomic E-state index is 0.196. The molecule has 1 saturated heterocycles. The number of nitrogens with two attached hydrogens (primary N) is 1. The minimum Gasteiger partial charge on any atom is -0.481 e. The number of nitrogen functional groups attached to an aromatic ring is 1. The monoisotopic (exact) mass is 238 g/mol. The molecular weight excluding hydrogens is 220 g/mol. The Labute approximate surface area is 101 Å². The van der Waals surface area contributed by atoms with Crippen molar-refractivity contribution in [2.24, 2.45) is 0 Å². The molecule has 1 aromatic rings. The molecule has 2 N–H and O–H groups in total. The van der Waals surface area contributed by atoms with Crippen molar-refractivity contribution in [3.63, 3.8) is 0 Å². The van der Waals surface area contributed by atoms with Crippen LogP contribution >= 0.6 is 0 Å². The molecule has 2 unspecified atom stereocenters. The number of hydrogen-bond donors (Lipinski definition) is 1. The highest BCUT2D eigenvalue weighted by Gasteiger charge is 2.29. The predicted octanol–water partition coefficient (Wildman–Crippen LogP) is 0.681. The third-order valence-electron chi connectivity index (χ3n) is 3.11. The van der Waals surface area contributed by atoms with Crippen molar-refractivity contribution in [2.45, 2.75) is 25.5 Å². The van der Waals surface area contributed by atoms with Gasteiger partial charge < -0.3 is 20.1 Å². The van der Waals surface area contributed by atoms with Crippen LogP contribution < -0.4 is 15.4 Å². The average Bonchev–Trinajstić information content (AvgIpc) is 2.73. The van der Waals surface area contributed by atoms with Crippen LogP contribution in [0.15, 0.2) is 6.07 Å². The summed E-state index contributed by atoms with van der Waals surface area (Å²) in [5, 5.41) is 0. The van der Waals surface area contributed by atoms with Crippen LogP contribution in [0.2, 0.25) is 0 Å². The standard InChI is InChI=1S/C11H18N4O2/c1-7-8(4-5-17-7)15(2)9-6-10(16-3)14-11(12)13-9/h6-8H,4-5H2,1-3H3,(H2,12,13,14). The Morgan fingerprint density at radius 2 is 2.29 bits per heavy atom. The van der Waals surface area contributed by atoms with Crippen molar-refractivity contribution < 1.29 is 9.47 Å². The molecule has 1 aliphatic heterocycles. The van der Waals surface area contributed by atoms with Crippen LogP contribution in [0.25, 0.3) is 0 Å². The van der Waals surface area contributed by atoms with Gasteiger partial charge in [-0.15, -0.1) is 0 Å². The Morgan fingerprint density at radius 3 is 2.88 bits per heavy atom. The van der Waals surface area contributed by atoms with E-state index in [1.54, 1.807) is 13.2 Å². The van der Waals surface area contributed by atoms with Crippen LogP contribution in [-0.4, -0.2) is 42.9 Å². The Kier molecular flexibility index (Phi) is 3.33. The van der Waals surface area contributed by atoms with Gasteiger partial charge in [-0.3, -0.25) is 0 Å². The quantitative estimate of drug-likeness (QED) is 0.834. The Bertz CT molecular complexity index is 399. The summed E-state index contributed by atoms with van der Waals surface area (Å²) >= 11 is 0. The Morgan fingerprint density at radius 1 is 1.53 bits per heavy atom. The van der Waals surface area contributed by atoms with Crippen molar-refractivity contribution in [1.29, 1.82) is 0 Å². The number of nitrogens with zero attached hydrogens (tertiary/aromatic N) is 3. The lowest BCUT2D eigenvalue weighted by atomic mass is 10.1. The number of rotatable bonds is 3. The van der Waals surface area contributed by atoms with E-state index >= 15 is 0 Å². The summed E-state index contributed by atoms with van der Waals surface area (Å²) in [7, 11) is 3.55. The number of anilines is 2. The molecule has 1 fully saturated rings. The van der Waals surface area contributed by atoms with Gasteiger partial charge in [-0.2, -0.15) is 9.97 Å². The molecule has 0 radical (unpaired) electrons. The van der Waals surface area contributed by atoms with Gasteiger partial charge in [0.2, 0.25) is 11.8 Å². The maximum absolute atomic E-state index is 5.65. The van der Waals surface area contributed by atoms with Gasteiger partial charge >= 0.3 is 0 Å². The summed E-state index contributed by atoms with van der Waals surface area (Å²) in [4.78, 5) is 10.3. The molecule has 6 heteroatoms. The van der Waals surface area contributed by atoms with Crippen molar-refractivity contribution >= 4 is 11.8 Å². The normalized spacial score (nSPS) is 23.7. The van der Waals surface area contributed by atoms with E-state index in [-0.39, 0.29) is 12.1 Å². The molecular formula is C11H18N4O2. The molecule has 2 rings (SSSR count). The third kappa shape index (κ3) is 2.41. The Hall–Kier alpha value is -1.56. The molecule has 6 nitrogen and oxygen atoms in total. The lowest BCUT2D eigenvalue weighted by Crippen LogP contribution is -2.37. The van der Waals surface area contributed by atoms with Crippen LogP contribution in [0.3, 0.4) is 0 Å². The molecule has 94 valence electrons. The summed E-state index contributed by atoms with van der Waals surface area (Å²) in [5.41, 5.74) is 5.65. The summed E-state index contributed by atoms with van der Waals surface area (Å²) < 4.78 is 10.6. The van der Waals surface area contributed by atoms with E-state index in [0.717, 1.165) is 18.8 Å². The smallest absolute Gasteiger partial charge is 0.225 e. The number of likely N-dealkylation sites (N-methyl/N-ethyl adjacent to an activating group) is 1. The molecule has 1 aromatic heterocycles. The van der Waals surface area contributed by atoms with Gasteiger partial charge in [0, 0.05) is 19.7 Å². The summed E-state index contributed by atoms with van der Waals surface area (Å²) in [6, 6.07) is 2.09. The van der Waals surface area contributed by atoms with Gasteiger partial charge in [-0.1, -0.05) is 0 Å². The van der Waals surface area contributed by atoms with Crippen molar-refractivity contribution in [3.8, 4) is 5.88 Å². The zero-order chi connectivity index (χ0) is 12.4. The molecule has 0 saturated carbocycles.